The van der Waals surface area contributed by atoms with Crippen molar-refractivity contribution >= 4 is 0 Å². The zero-order valence-electron chi connectivity index (χ0n) is 31.0. The maximum Gasteiger partial charge on any atom is 0.0622 e. The molecular weight excluding hydrogens is 536 g/mol. The normalized spacial score (nSPS) is 15.9. The van der Waals surface area contributed by atoms with Crippen molar-refractivity contribution < 1.29 is 9.47 Å². The highest BCUT2D eigenvalue weighted by Crippen LogP contribution is 2.20. The molecule has 2 heteroatoms. The lowest BCUT2D eigenvalue weighted by Gasteiger charge is -2.22. The molecule has 0 aromatic carbocycles. The Hall–Kier alpha value is -2.16. The van der Waals surface area contributed by atoms with E-state index in [-0.39, 0.29) is 11.2 Å². The molecule has 0 aliphatic carbocycles. The van der Waals surface area contributed by atoms with E-state index in [1.54, 1.807) is 14.2 Å². The molecule has 0 aromatic rings. The van der Waals surface area contributed by atoms with Gasteiger partial charge in [0.05, 0.1) is 11.2 Å². The van der Waals surface area contributed by atoms with E-state index in [4.69, 9.17) is 9.47 Å². The van der Waals surface area contributed by atoms with Crippen molar-refractivity contribution in [1.29, 1.82) is 0 Å². The van der Waals surface area contributed by atoms with E-state index in [2.05, 4.69) is 136 Å². The lowest BCUT2D eigenvalue weighted by Crippen LogP contribution is -2.21. The Morgan fingerprint density at radius 2 is 1.09 bits per heavy atom. The summed E-state index contributed by atoms with van der Waals surface area (Å²) in [5.41, 5.74) is 7.10. The molecule has 0 spiro atoms. The number of allylic oxidation sites excluding steroid dienone is 16. The molecule has 250 valence electrons. The minimum atomic E-state index is -0.0261. The fourth-order valence-corrected chi connectivity index (χ4v) is 4.67. The molecule has 0 N–H and O–H groups in total. The molecule has 0 fully saturated rings. The number of rotatable bonds is 23. The van der Waals surface area contributed by atoms with Gasteiger partial charge in [0.25, 0.3) is 0 Å². The molecular formula is C42H70O2. The van der Waals surface area contributed by atoms with Crippen molar-refractivity contribution in [2.45, 2.75) is 151 Å². The number of ether oxygens (including phenoxy) is 2. The summed E-state index contributed by atoms with van der Waals surface area (Å²) in [5.74, 6) is 0.520. The average Bonchev–Trinajstić information content (AvgIpc) is 2.95. The van der Waals surface area contributed by atoms with Crippen molar-refractivity contribution in [3.63, 3.8) is 0 Å². The Morgan fingerprint density at radius 1 is 0.614 bits per heavy atom. The Morgan fingerprint density at radius 3 is 1.66 bits per heavy atom. The highest BCUT2D eigenvalue weighted by molar-refractivity contribution is 5.25. The third-order valence-electron chi connectivity index (χ3n) is 8.43. The van der Waals surface area contributed by atoms with Gasteiger partial charge < -0.3 is 9.47 Å². The van der Waals surface area contributed by atoms with Crippen LogP contribution in [0.4, 0.5) is 0 Å². The summed E-state index contributed by atoms with van der Waals surface area (Å²) in [6.45, 7) is 22.1. The molecule has 0 bridgehead atoms. The van der Waals surface area contributed by atoms with Gasteiger partial charge in [0, 0.05) is 14.2 Å². The highest BCUT2D eigenvalue weighted by Gasteiger charge is 2.15. The summed E-state index contributed by atoms with van der Waals surface area (Å²) in [5, 5.41) is 0. The molecule has 0 aliphatic rings. The predicted octanol–water partition coefficient (Wildman–Crippen LogP) is 13.2. The number of hydrogen-bond donors (Lipinski definition) is 0. The van der Waals surface area contributed by atoms with Gasteiger partial charge in [0.15, 0.2) is 0 Å². The molecule has 0 saturated heterocycles. The van der Waals surface area contributed by atoms with Crippen LogP contribution < -0.4 is 0 Å². The smallest absolute Gasteiger partial charge is 0.0622 e. The minimum Gasteiger partial charge on any atom is -0.379 e. The fraction of sp³-hybridized carbons (Fsp3) is 0.619. The molecule has 0 radical (unpaired) electrons. The van der Waals surface area contributed by atoms with Crippen LogP contribution in [0.1, 0.15) is 140 Å². The van der Waals surface area contributed by atoms with Crippen molar-refractivity contribution in [2.75, 3.05) is 14.2 Å². The number of methoxy groups -OCH3 is 2. The second kappa shape index (κ2) is 24.1. The van der Waals surface area contributed by atoms with Crippen LogP contribution in [-0.4, -0.2) is 25.4 Å². The third kappa shape index (κ3) is 25.2. The lowest BCUT2D eigenvalue weighted by molar-refractivity contribution is 0.0137. The van der Waals surface area contributed by atoms with Gasteiger partial charge in [-0.2, -0.15) is 0 Å². The maximum atomic E-state index is 5.53. The minimum absolute atomic E-state index is 0.00670. The number of hydrogen-bond acceptors (Lipinski definition) is 2. The molecule has 0 saturated carbocycles. The van der Waals surface area contributed by atoms with E-state index in [0.29, 0.717) is 5.92 Å². The topological polar surface area (TPSA) is 18.5 Å². The Bertz CT molecular complexity index is 1020. The first-order valence-electron chi connectivity index (χ1n) is 17.1. The SMILES string of the molecule is COC(C)(C)CCCC(C)=CC=CC(C)=CC=CC(C)CC=CC=C(C)CCC=C(C)CCC=C(C)CCCC(C)(C)OC. The first-order valence-corrected chi connectivity index (χ1v) is 17.1. The monoisotopic (exact) mass is 607 g/mol. The van der Waals surface area contributed by atoms with Crippen LogP contribution in [0.5, 0.6) is 0 Å². The van der Waals surface area contributed by atoms with Crippen LogP contribution in [0.15, 0.2) is 94.7 Å². The lowest BCUT2D eigenvalue weighted by atomic mass is 9.98. The van der Waals surface area contributed by atoms with Crippen LogP contribution in [0, 0.1) is 5.92 Å². The molecule has 0 aromatic heterocycles. The summed E-state index contributed by atoms with van der Waals surface area (Å²) >= 11 is 0. The first-order chi connectivity index (χ1) is 20.7. The maximum absolute atomic E-state index is 5.53. The van der Waals surface area contributed by atoms with Crippen molar-refractivity contribution in [2.24, 2.45) is 5.92 Å². The van der Waals surface area contributed by atoms with Crippen molar-refractivity contribution in [1.82, 2.24) is 0 Å². The highest BCUT2D eigenvalue weighted by atomic mass is 16.5. The van der Waals surface area contributed by atoms with Crippen LogP contribution in [0.25, 0.3) is 0 Å². The second-order valence-corrected chi connectivity index (χ2v) is 14.1. The van der Waals surface area contributed by atoms with E-state index >= 15 is 0 Å². The second-order valence-electron chi connectivity index (χ2n) is 14.1. The standard InChI is InChI=1S/C42H70O2/c1-35(23-15-25-37(3)27-17-29-39(5)31-19-33-41(7,8)43-11)21-13-14-22-36(2)24-16-26-38(4)28-18-30-40(6)32-20-34-42(9,10)44-12/h13-15,17,22-23,25-27,29-30,35H,16,18-21,24,28,31-34H2,1-12H3. The first kappa shape index (κ1) is 41.8. The van der Waals surface area contributed by atoms with Crippen LogP contribution >= 0.6 is 0 Å². The zero-order valence-corrected chi connectivity index (χ0v) is 31.0. The molecule has 1 atom stereocenters. The largest absolute Gasteiger partial charge is 0.379 e. The van der Waals surface area contributed by atoms with Gasteiger partial charge in [-0.25, -0.2) is 0 Å². The third-order valence-corrected chi connectivity index (χ3v) is 8.43. The summed E-state index contributed by atoms with van der Waals surface area (Å²) < 4.78 is 11.0. The van der Waals surface area contributed by atoms with E-state index in [1.165, 1.54) is 40.7 Å². The van der Waals surface area contributed by atoms with Gasteiger partial charge >= 0.3 is 0 Å². The Labute approximate surface area is 274 Å². The van der Waals surface area contributed by atoms with Gasteiger partial charge in [-0.1, -0.05) is 102 Å². The molecule has 2 nitrogen and oxygen atoms in total. The molecule has 0 aliphatic heterocycles. The fourth-order valence-electron chi connectivity index (χ4n) is 4.67. The predicted molar refractivity (Wildman–Crippen MR) is 198 cm³/mol. The Balaban J connectivity index is 4.35. The zero-order chi connectivity index (χ0) is 33.4. The van der Waals surface area contributed by atoms with Crippen molar-refractivity contribution in [3.8, 4) is 0 Å². The van der Waals surface area contributed by atoms with Crippen LogP contribution in [-0.2, 0) is 9.47 Å². The van der Waals surface area contributed by atoms with E-state index in [1.807, 2.05) is 0 Å². The quantitative estimate of drug-likeness (QED) is 0.0851. The van der Waals surface area contributed by atoms with E-state index in [0.717, 1.165) is 57.8 Å². The Kier molecular flexibility index (Phi) is 22.9. The van der Waals surface area contributed by atoms with Crippen LogP contribution in [0.3, 0.4) is 0 Å². The molecule has 0 amide bonds. The average molecular weight is 607 g/mol. The molecule has 44 heavy (non-hydrogen) atoms. The summed E-state index contributed by atoms with van der Waals surface area (Å²) in [6, 6.07) is 0. The van der Waals surface area contributed by atoms with Gasteiger partial charge in [-0.15, -0.1) is 0 Å². The molecule has 1 unspecified atom stereocenters. The van der Waals surface area contributed by atoms with Crippen molar-refractivity contribution in [3.05, 3.63) is 94.7 Å². The van der Waals surface area contributed by atoms with E-state index < -0.39 is 0 Å². The van der Waals surface area contributed by atoms with Crippen LogP contribution in [0.2, 0.25) is 0 Å². The molecule has 0 heterocycles. The van der Waals surface area contributed by atoms with Gasteiger partial charge in [-0.05, 0) is 139 Å². The summed E-state index contributed by atoms with van der Waals surface area (Å²) in [6.07, 6.45) is 37.3. The molecule has 0 rings (SSSR count). The van der Waals surface area contributed by atoms with Gasteiger partial charge in [-0.3, -0.25) is 0 Å². The van der Waals surface area contributed by atoms with Gasteiger partial charge in [0.1, 0.15) is 0 Å². The summed E-state index contributed by atoms with van der Waals surface area (Å²) in [7, 11) is 3.60. The summed E-state index contributed by atoms with van der Waals surface area (Å²) in [4.78, 5) is 0. The van der Waals surface area contributed by atoms with E-state index in [9.17, 15) is 0 Å². The van der Waals surface area contributed by atoms with Gasteiger partial charge in [0.2, 0.25) is 0 Å².